The smallest absolute Gasteiger partial charge is 0.218 e. The van der Waals surface area contributed by atoms with Gasteiger partial charge in [-0.3, -0.25) is 9.80 Å². The van der Waals surface area contributed by atoms with E-state index in [0.717, 1.165) is 55.3 Å². The van der Waals surface area contributed by atoms with Crippen LogP contribution in [0.15, 0.2) is 97.1 Å². The van der Waals surface area contributed by atoms with Crippen LogP contribution in [-0.2, 0) is 6.54 Å². The molecular formula is C31H33N3O2. The van der Waals surface area contributed by atoms with Gasteiger partial charge in [0.05, 0.1) is 26.0 Å². The molecule has 0 amide bonds. The zero-order chi connectivity index (χ0) is 24.7. The van der Waals surface area contributed by atoms with E-state index in [1.807, 2.05) is 24.3 Å². The summed E-state index contributed by atoms with van der Waals surface area (Å²) in [6.07, 6.45) is 0. The quantitative estimate of drug-likeness (QED) is 0.325. The summed E-state index contributed by atoms with van der Waals surface area (Å²) in [5, 5.41) is 0. The van der Waals surface area contributed by atoms with Crippen LogP contribution in [-0.4, -0.2) is 55.2 Å². The Kier molecular flexibility index (Phi) is 7.60. The van der Waals surface area contributed by atoms with Crippen LogP contribution in [0.25, 0.3) is 11.3 Å². The fraction of sp³-hybridized carbons (Fsp3) is 0.258. The summed E-state index contributed by atoms with van der Waals surface area (Å²) in [5.41, 5.74) is 5.75. The van der Waals surface area contributed by atoms with Crippen LogP contribution < -0.4 is 9.47 Å². The predicted molar refractivity (Wildman–Crippen MR) is 144 cm³/mol. The third kappa shape index (κ3) is 5.43. The van der Waals surface area contributed by atoms with Crippen LogP contribution >= 0.6 is 0 Å². The van der Waals surface area contributed by atoms with E-state index in [1.165, 1.54) is 11.1 Å². The number of piperazine rings is 1. The molecule has 5 rings (SSSR count). The Bertz CT molecular complexity index is 1200. The van der Waals surface area contributed by atoms with Crippen LogP contribution in [0.2, 0.25) is 0 Å². The number of rotatable bonds is 8. The first-order valence-corrected chi connectivity index (χ1v) is 12.5. The molecule has 0 unspecified atom stereocenters. The van der Waals surface area contributed by atoms with Gasteiger partial charge in [-0.1, -0.05) is 66.7 Å². The number of nitrogens with zero attached hydrogens (tertiary/aromatic N) is 3. The van der Waals surface area contributed by atoms with Gasteiger partial charge in [0.2, 0.25) is 5.88 Å². The van der Waals surface area contributed by atoms with Crippen molar-refractivity contribution < 1.29 is 9.47 Å². The lowest BCUT2D eigenvalue weighted by Gasteiger charge is -2.40. The Labute approximate surface area is 213 Å². The van der Waals surface area contributed by atoms with Crippen LogP contribution in [0.3, 0.4) is 0 Å². The lowest BCUT2D eigenvalue weighted by Crippen LogP contribution is -2.47. The summed E-state index contributed by atoms with van der Waals surface area (Å²) in [6, 6.07) is 34.1. The molecule has 1 aromatic heterocycles. The topological polar surface area (TPSA) is 37.8 Å². The minimum absolute atomic E-state index is 0.273. The lowest BCUT2D eigenvalue weighted by atomic mass is 9.96. The van der Waals surface area contributed by atoms with Crippen LogP contribution in [0, 0.1) is 0 Å². The number of ether oxygens (including phenoxy) is 2. The van der Waals surface area contributed by atoms with Crippen LogP contribution in [0.1, 0.15) is 22.7 Å². The first-order valence-electron chi connectivity index (χ1n) is 12.5. The molecule has 0 spiro atoms. The number of pyridine rings is 1. The van der Waals surface area contributed by atoms with Crippen LogP contribution in [0.5, 0.6) is 11.6 Å². The van der Waals surface area contributed by atoms with Gasteiger partial charge in [0.1, 0.15) is 5.75 Å². The average molecular weight is 480 g/mol. The first kappa shape index (κ1) is 24.0. The van der Waals surface area contributed by atoms with Crippen molar-refractivity contribution >= 4 is 0 Å². The van der Waals surface area contributed by atoms with E-state index in [1.54, 1.807) is 14.2 Å². The predicted octanol–water partition coefficient (Wildman–Crippen LogP) is 5.67. The first-order chi connectivity index (χ1) is 17.7. The summed E-state index contributed by atoms with van der Waals surface area (Å²) >= 11 is 0. The van der Waals surface area contributed by atoms with Crippen molar-refractivity contribution in [2.75, 3.05) is 40.4 Å². The molecule has 0 saturated carbocycles. The van der Waals surface area contributed by atoms with Crippen molar-refractivity contribution in [3.63, 3.8) is 0 Å². The molecule has 1 saturated heterocycles. The monoisotopic (exact) mass is 479 g/mol. The Morgan fingerprint density at radius 1 is 0.694 bits per heavy atom. The summed E-state index contributed by atoms with van der Waals surface area (Å²) in [6.45, 7) is 4.84. The lowest BCUT2D eigenvalue weighted by molar-refractivity contribution is 0.104. The maximum Gasteiger partial charge on any atom is 0.218 e. The third-order valence-electron chi connectivity index (χ3n) is 6.91. The molecule has 0 bridgehead atoms. The molecular weight excluding hydrogens is 446 g/mol. The molecule has 0 aliphatic carbocycles. The summed E-state index contributed by atoms with van der Waals surface area (Å²) < 4.78 is 11.0. The molecule has 1 aliphatic heterocycles. The summed E-state index contributed by atoms with van der Waals surface area (Å²) in [7, 11) is 3.38. The van der Waals surface area contributed by atoms with Crippen molar-refractivity contribution in [1.82, 2.24) is 14.8 Å². The van der Waals surface area contributed by atoms with Crippen molar-refractivity contribution in [2.24, 2.45) is 0 Å². The number of aromatic nitrogens is 1. The summed E-state index contributed by atoms with van der Waals surface area (Å²) in [4.78, 5) is 9.90. The van der Waals surface area contributed by atoms with Gasteiger partial charge in [0, 0.05) is 43.9 Å². The highest BCUT2D eigenvalue weighted by molar-refractivity contribution is 5.61. The molecule has 4 aromatic rings. The molecule has 0 atom stereocenters. The Balaban J connectivity index is 1.27. The maximum atomic E-state index is 5.70. The van der Waals surface area contributed by atoms with E-state index in [0.29, 0.717) is 5.88 Å². The fourth-order valence-electron chi connectivity index (χ4n) is 4.99. The van der Waals surface area contributed by atoms with Crippen molar-refractivity contribution in [3.05, 3.63) is 114 Å². The molecule has 1 aliphatic rings. The van der Waals surface area contributed by atoms with Gasteiger partial charge in [-0.25, -0.2) is 4.98 Å². The Hall–Kier alpha value is -3.67. The third-order valence-corrected chi connectivity index (χ3v) is 6.91. The number of hydrogen-bond acceptors (Lipinski definition) is 5. The molecule has 1 fully saturated rings. The van der Waals surface area contributed by atoms with Gasteiger partial charge in [0.25, 0.3) is 0 Å². The second kappa shape index (κ2) is 11.4. The molecule has 0 N–H and O–H groups in total. The van der Waals surface area contributed by atoms with E-state index in [2.05, 4.69) is 82.6 Å². The largest absolute Gasteiger partial charge is 0.497 e. The number of methoxy groups -OCH3 is 2. The Morgan fingerprint density at radius 2 is 1.31 bits per heavy atom. The molecule has 5 heteroatoms. The molecule has 3 aromatic carbocycles. The Morgan fingerprint density at radius 3 is 1.86 bits per heavy atom. The maximum absolute atomic E-state index is 5.70. The normalized spacial score (nSPS) is 14.6. The van der Waals surface area contributed by atoms with E-state index in [4.69, 9.17) is 14.5 Å². The minimum Gasteiger partial charge on any atom is -0.497 e. The SMILES string of the molecule is COc1ccc(-c2ccc(CN3CCN(C(c4ccccc4)c4ccccc4)CC3)c(OC)n2)cc1. The highest BCUT2D eigenvalue weighted by Crippen LogP contribution is 2.30. The average Bonchev–Trinajstić information content (AvgIpc) is 2.95. The van der Waals surface area contributed by atoms with Crippen molar-refractivity contribution in [2.45, 2.75) is 12.6 Å². The molecule has 184 valence electrons. The fourth-order valence-corrected chi connectivity index (χ4v) is 4.99. The second-order valence-corrected chi connectivity index (χ2v) is 9.13. The molecule has 36 heavy (non-hydrogen) atoms. The van der Waals surface area contributed by atoms with E-state index in [-0.39, 0.29) is 6.04 Å². The highest BCUT2D eigenvalue weighted by Gasteiger charge is 2.26. The van der Waals surface area contributed by atoms with Crippen molar-refractivity contribution in [1.29, 1.82) is 0 Å². The number of benzene rings is 3. The van der Waals surface area contributed by atoms with Gasteiger partial charge in [-0.05, 0) is 41.5 Å². The van der Waals surface area contributed by atoms with Crippen LogP contribution in [0.4, 0.5) is 0 Å². The highest BCUT2D eigenvalue weighted by atomic mass is 16.5. The van der Waals surface area contributed by atoms with Gasteiger partial charge in [-0.2, -0.15) is 0 Å². The molecule has 0 radical (unpaired) electrons. The van der Waals surface area contributed by atoms with E-state index in [9.17, 15) is 0 Å². The molecule has 2 heterocycles. The van der Waals surface area contributed by atoms with Gasteiger partial charge >= 0.3 is 0 Å². The van der Waals surface area contributed by atoms with E-state index >= 15 is 0 Å². The summed E-state index contributed by atoms with van der Waals surface area (Å²) in [5.74, 6) is 1.53. The van der Waals surface area contributed by atoms with E-state index < -0.39 is 0 Å². The second-order valence-electron chi connectivity index (χ2n) is 9.13. The minimum atomic E-state index is 0.273. The number of hydrogen-bond donors (Lipinski definition) is 0. The zero-order valence-electron chi connectivity index (χ0n) is 21.0. The van der Waals surface area contributed by atoms with Gasteiger partial charge < -0.3 is 9.47 Å². The zero-order valence-corrected chi connectivity index (χ0v) is 21.0. The standard InChI is InChI=1S/C31H33N3O2/c1-35-28-16-13-24(14-17-28)29-18-15-27(31(32-29)36-2)23-33-19-21-34(22-20-33)30(25-9-5-3-6-10-25)26-11-7-4-8-12-26/h3-18,30H,19-23H2,1-2H3. The van der Waals surface area contributed by atoms with Gasteiger partial charge in [0.15, 0.2) is 0 Å². The van der Waals surface area contributed by atoms with Crippen molar-refractivity contribution in [3.8, 4) is 22.9 Å². The van der Waals surface area contributed by atoms with Gasteiger partial charge in [-0.15, -0.1) is 0 Å². The molecule has 5 nitrogen and oxygen atoms in total.